The van der Waals surface area contributed by atoms with Crippen molar-refractivity contribution in [3.05, 3.63) is 11.7 Å². The average molecular weight is 344 g/mol. The summed E-state index contributed by atoms with van der Waals surface area (Å²) in [4.78, 5) is 21.6. The largest absolute Gasteiger partial charge is 0.340 e. The predicted molar refractivity (Wildman–Crippen MR) is 91.7 cm³/mol. The zero-order valence-corrected chi connectivity index (χ0v) is 14.9. The van der Waals surface area contributed by atoms with E-state index in [1.54, 1.807) is 0 Å². The van der Waals surface area contributed by atoms with Crippen molar-refractivity contribution in [2.45, 2.75) is 57.4 Å². The number of carbonyl (C=O) groups is 1. The van der Waals surface area contributed by atoms with E-state index in [4.69, 9.17) is 4.52 Å². The van der Waals surface area contributed by atoms with Gasteiger partial charge in [-0.1, -0.05) is 11.6 Å². The van der Waals surface area contributed by atoms with Gasteiger partial charge in [-0.2, -0.15) is 4.98 Å². The molecule has 2 heterocycles. The summed E-state index contributed by atoms with van der Waals surface area (Å²) >= 11 is 0. The zero-order valence-electron chi connectivity index (χ0n) is 14.9. The highest BCUT2D eigenvalue weighted by atomic mass is 16.5. The standard InChI is InChI=1S/C19H28N4O2/c24-18(11-16-10-13-1-2-15(16)9-13)23-7-5-22(6-8-23)12-17-20-19(25-21-17)14-3-4-14/h13-16H,1-12H2/t13-,15-,16-/m0/s1. The van der Waals surface area contributed by atoms with Crippen LogP contribution in [0.1, 0.15) is 62.6 Å². The van der Waals surface area contributed by atoms with Crippen molar-refractivity contribution in [3.63, 3.8) is 0 Å². The van der Waals surface area contributed by atoms with Gasteiger partial charge in [-0.3, -0.25) is 9.69 Å². The summed E-state index contributed by atoms with van der Waals surface area (Å²) in [5.74, 6) is 4.95. The number of amides is 1. The molecule has 0 radical (unpaired) electrons. The molecule has 2 bridgehead atoms. The van der Waals surface area contributed by atoms with Gasteiger partial charge in [0.1, 0.15) is 0 Å². The molecule has 6 heteroatoms. The van der Waals surface area contributed by atoms with Crippen LogP contribution in [0.4, 0.5) is 0 Å². The molecule has 1 aliphatic heterocycles. The van der Waals surface area contributed by atoms with E-state index in [9.17, 15) is 4.79 Å². The van der Waals surface area contributed by atoms with Gasteiger partial charge in [0.05, 0.1) is 6.54 Å². The van der Waals surface area contributed by atoms with E-state index >= 15 is 0 Å². The molecular formula is C19H28N4O2. The summed E-state index contributed by atoms with van der Waals surface area (Å²) in [5, 5.41) is 4.11. The lowest BCUT2D eigenvalue weighted by Crippen LogP contribution is -2.48. The number of hydrogen-bond donors (Lipinski definition) is 0. The van der Waals surface area contributed by atoms with E-state index in [1.165, 1.54) is 38.5 Å². The molecule has 4 fully saturated rings. The molecule has 1 amide bonds. The summed E-state index contributed by atoms with van der Waals surface area (Å²) < 4.78 is 5.34. The highest BCUT2D eigenvalue weighted by Crippen LogP contribution is 2.49. The fourth-order valence-electron chi connectivity index (χ4n) is 5.16. The highest BCUT2D eigenvalue weighted by Gasteiger charge is 2.40. The molecule has 1 saturated heterocycles. The minimum Gasteiger partial charge on any atom is -0.340 e. The normalized spacial score (nSPS) is 32.5. The van der Waals surface area contributed by atoms with Crippen LogP contribution < -0.4 is 0 Å². The number of aromatic nitrogens is 2. The van der Waals surface area contributed by atoms with E-state index in [-0.39, 0.29) is 0 Å². The van der Waals surface area contributed by atoms with E-state index in [2.05, 4.69) is 19.9 Å². The van der Waals surface area contributed by atoms with Gasteiger partial charge >= 0.3 is 0 Å². The average Bonchev–Trinajstić information content (AvgIpc) is 3.03. The maximum Gasteiger partial charge on any atom is 0.229 e. The molecule has 0 spiro atoms. The fraction of sp³-hybridized carbons (Fsp3) is 0.842. The number of piperazine rings is 1. The summed E-state index contributed by atoms with van der Waals surface area (Å²) in [6.45, 7) is 4.25. The van der Waals surface area contributed by atoms with Crippen LogP contribution >= 0.6 is 0 Å². The Morgan fingerprint density at radius 1 is 1.08 bits per heavy atom. The van der Waals surface area contributed by atoms with Crippen LogP contribution in [0.25, 0.3) is 0 Å². The lowest BCUT2D eigenvalue weighted by atomic mass is 9.86. The lowest BCUT2D eigenvalue weighted by molar-refractivity contribution is -0.134. The SMILES string of the molecule is O=C(C[C@@H]1C[C@H]2CC[C@H]1C2)N1CCN(Cc2noc(C3CC3)n2)CC1. The molecule has 25 heavy (non-hydrogen) atoms. The smallest absolute Gasteiger partial charge is 0.229 e. The molecule has 0 unspecified atom stereocenters. The number of carbonyl (C=O) groups excluding carboxylic acids is 1. The quantitative estimate of drug-likeness (QED) is 0.821. The molecule has 0 aromatic carbocycles. The summed E-state index contributed by atoms with van der Waals surface area (Å²) in [6, 6.07) is 0. The number of rotatable bonds is 5. The molecule has 136 valence electrons. The van der Waals surface area contributed by atoms with Crippen molar-refractivity contribution in [2.24, 2.45) is 17.8 Å². The number of fused-ring (bicyclic) bond motifs is 2. The van der Waals surface area contributed by atoms with Crippen LogP contribution in [0, 0.1) is 17.8 Å². The molecule has 5 rings (SSSR count). The lowest BCUT2D eigenvalue weighted by Gasteiger charge is -2.35. The van der Waals surface area contributed by atoms with Crippen LogP contribution in [0.3, 0.4) is 0 Å². The second-order valence-electron chi connectivity index (χ2n) is 8.62. The minimum atomic E-state index is 0.382. The second kappa shape index (κ2) is 6.38. The Morgan fingerprint density at radius 2 is 1.92 bits per heavy atom. The monoisotopic (exact) mass is 344 g/mol. The molecule has 1 aromatic rings. The first-order chi connectivity index (χ1) is 12.2. The zero-order chi connectivity index (χ0) is 16.8. The van der Waals surface area contributed by atoms with Crippen LogP contribution in [-0.4, -0.2) is 52.0 Å². The third kappa shape index (κ3) is 3.33. The van der Waals surface area contributed by atoms with Gasteiger partial charge < -0.3 is 9.42 Å². The van der Waals surface area contributed by atoms with Crippen LogP contribution in [0.5, 0.6) is 0 Å². The van der Waals surface area contributed by atoms with E-state index < -0.39 is 0 Å². The van der Waals surface area contributed by atoms with Crippen molar-refractivity contribution in [1.82, 2.24) is 19.9 Å². The Hall–Kier alpha value is -1.43. The molecule has 4 aliphatic rings. The van der Waals surface area contributed by atoms with Gasteiger partial charge in [0, 0.05) is 38.5 Å². The van der Waals surface area contributed by atoms with Gasteiger partial charge in [-0.05, 0) is 49.9 Å². The Kier molecular flexibility index (Phi) is 4.03. The summed E-state index contributed by atoms with van der Waals surface area (Å²) in [6.07, 6.45) is 8.63. The third-order valence-electron chi connectivity index (χ3n) is 6.82. The molecule has 1 aromatic heterocycles. The molecule has 0 N–H and O–H groups in total. The van der Waals surface area contributed by atoms with Crippen LogP contribution in [0.15, 0.2) is 4.52 Å². The molecule has 6 nitrogen and oxygen atoms in total. The van der Waals surface area contributed by atoms with Gasteiger partial charge in [0.15, 0.2) is 5.82 Å². The van der Waals surface area contributed by atoms with Gasteiger partial charge in [-0.25, -0.2) is 0 Å². The highest BCUT2D eigenvalue weighted by molar-refractivity contribution is 5.76. The summed E-state index contributed by atoms with van der Waals surface area (Å²) in [7, 11) is 0. The molecule has 3 aliphatic carbocycles. The Morgan fingerprint density at radius 3 is 2.60 bits per heavy atom. The summed E-state index contributed by atoms with van der Waals surface area (Å²) in [5.41, 5.74) is 0. The maximum absolute atomic E-state index is 12.6. The Labute approximate surface area is 148 Å². The number of nitrogens with zero attached hydrogens (tertiary/aromatic N) is 4. The minimum absolute atomic E-state index is 0.382. The van der Waals surface area contributed by atoms with Gasteiger partial charge in [-0.15, -0.1) is 0 Å². The first-order valence-electron chi connectivity index (χ1n) is 10.1. The van der Waals surface area contributed by atoms with Gasteiger partial charge in [0.2, 0.25) is 11.8 Å². The second-order valence-corrected chi connectivity index (χ2v) is 8.62. The van der Waals surface area contributed by atoms with Crippen molar-refractivity contribution < 1.29 is 9.32 Å². The number of hydrogen-bond acceptors (Lipinski definition) is 5. The van der Waals surface area contributed by atoms with Crippen molar-refractivity contribution in [1.29, 1.82) is 0 Å². The van der Waals surface area contributed by atoms with E-state index in [1.807, 2.05) is 0 Å². The Balaban J connectivity index is 1.09. The van der Waals surface area contributed by atoms with E-state index in [0.29, 0.717) is 17.7 Å². The maximum atomic E-state index is 12.6. The topological polar surface area (TPSA) is 62.5 Å². The molecule has 3 atom stereocenters. The molecule has 3 saturated carbocycles. The van der Waals surface area contributed by atoms with Crippen molar-refractivity contribution >= 4 is 5.91 Å². The fourth-order valence-corrected chi connectivity index (χ4v) is 5.16. The predicted octanol–water partition coefficient (Wildman–Crippen LogP) is 2.42. The van der Waals surface area contributed by atoms with Crippen LogP contribution in [0.2, 0.25) is 0 Å². The first-order valence-corrected chi connectivity index (χ1v) is 10.1. The van der Waals surface area contributed by atoms with Crippen molar-refractivity contribution in [3.8, 4) is 0 Å². The Bertz CT molecular complexity index is 633. The van der Waals surface area contributed by atoms with Crippen LogP contribution in [-0.2, 0) is 11.3 Å². The van der Waals surface area contributed by atoms with Gasteiger partial charge in [0.25, 0.3) is 0 Å². The molecular weight excluding hydrogens is 316 g/mol. The van der Waals surface area contributed by atoms with Crippen molar-refractivity contribution in [2.75, 3.05) is 26.2 Å². The first kappa shape index (κ1) is 15.8. The van der Waals surface area contributed by atoms with E-state index in [0.717, 1.165) is 62.7 Å². The third-order valence-corrected chi connectivity index (χ3v) is 6.82.